The Kier molecular flexibility index (Phi) is 3.72. The molecule has 0 aliphatic rings. The van der Waals surface area contributed by atoms with Crippen molar-refractivity contribution < 1.29 is 8.78 Å². The number of benzene rings is 2. The Morgan fingerprint density at radius 2 is 1.56 bits per heavy atom. The summed E-state index contributed by atoms with van der Waals surface area (Å²) in [5, 5.41) is 2.92. The monoisotopic (exact) mass is 247 g/mol. The van der Waals surface area contributed by atoms with Crippen LogP contribution in [0.4, 0.5) is 8.78 Å². The van der Waals surface area contributed by atoms with Gasteiger partial charge in [-0.15, -0.1) is 0 Å². The normalized spacial score (nSPS) is 10.7. The summed E-state index contributed by atoms with van der Waals surface area (Å²) in [6, 6.07) is 9.86. The van der Waals surface area contributed by atoms with Crippen molar-refractivity contribution in [3.8, 4) is 11.1 Å². The Bertz CT molecular complexity index is 564. The molecule has 94 valence electrons. The zero-order valence-corrected chi connectivity index (χ0v) is 10.4. The quantitative estimate of drug-likeness (QED) is 0.872. The summed E-state index contributed by atoms with van der Waals surface area (Å²) in [7, 11) is 1.77. The Balaban J connectivity index is 2.44. The minimum Gasteiger partial charge on any atom is -0.316 e. The standard InChI is InChI=1S/C15H15F2N/c1-10-7-11(3-5-14(10)16)12-4-6-15(17)13(8-12)9-18-2/h3-8,18H,9H2,1-2H3. The number of rotatable bonds is 3. The maximum absolute atomic E-state index is 13.5. The molecule has 0 unspecified atom stereocenters. The largest absolute Gasteiger partial charge is 0.316 e. The molecule has 0 aromatic heterocycles. The zero-order valence-electron chi connectivity index (χ0n) is 10.4. The molecule has 0 aliphatic carbocycles. The predicted molar refractivity (Wildman–Crippen MR) is 69.3 cm³/mol. The molecule has 1 nitrogen and oxygen atoms in total. The second-order valence-electron chi connectivity index (χ2n) is 4.30. The van der Waals surface area contributed by atoms with Gasteiger partial charge in [0.05, 0.1) is 0 Å². The molecule has 0 atom stereocenters. The third kappa shape index (κ3) is 2.57. The van der Waals surface area contributed by atoms with E-state index in [4.69, 9.17) is 0 Å². The van der Waals surface area contributed by atoms with Crippen molar-refractivity contribution in [2.24, 2.45) is 0 Å². The van der Waals surface area contributed by atoms with Crippen LogP contribution in [0.2, 0.25) is 0 Å². The van der Waals surface area contributed by atoms with Crippen molar-refractivity contribution in [3.63, 3.8) is 0 Å². The lowest BCUT2D eigenvalue weighted by atomic mass is 10.0. The van der Waals surface area contributed by atoms with Gasteiger partial charge < -0.3 is 5.32 Å². The van der Waals surface area contributed by atoms with Gasteiger partial charge in [0.2, 0.25) is 0 Å². The van der Waals surface area contributed by atoms with Crippen LogP contribution >= 0.6 is 0 Å². The van der Waals surface area contributed by atoms with Gasteiger partial charge in [-0.25, -0.2) is 8.78 Å². The van der Waals surface area contributed by atoms with Gasteiger partial charge in [0.15, 0.2) is 0 Å². The number of hydrogen-bond donors (Lipinski definition) is 1. The van der Waals surface area contributed by atoms with E-state index in [-0.39, 0.29) is 11.6 Å². The fourth-order valence-corrected chi connectivity index (χ4v) is 1.90. The van der Waals surface area contributed by atoms with Gasteiger partial charge in [-0.05, 0) is 54.9 Å². The first-order valence-electron chi connectivity index (χ1n) is 5.81. The lowest BCUT2D eigenvalue weighted by molar-refractivity contribution is 0.601. The number of halogens is 2. The second kappa shape index (κ2) is 5.27. The number of hydrogen-bond acceptors (Lipinski definition) is 1. The molecule has 3 heteroatoms. The van der Waals surface area contributed by atoms with Gasteiger partial charge in [0, 0.05) is 12.1 Å². The van der Waals surface area contributed by atoms with E-state index in [9.17, 15) is 8.78 Å². The van der Waals surface area contributed by atoms with Gasteiger partial charge in [-0.1, -0.05) is 12.1 Å². The van der Waals surface area contributed by atoms with Crippen LogP contribution in [0, 0.1) is 18.6 Å². The lowest BCUT2D eigenvalue weighted by Crippen LogP contribution is -2.07. The average Bonchev–Trinajstić information content (AvgIpc) is 2.36. The lowest BCUT2D eigenvalue weighted by Gasteiger charge is -2.08. The van der Waals surface area contributed by atoms with Crippen LogP contribution in [0.15, 0.2) is 36.4 Å². The zero-order chi connectivity index (χ0) is 13.1. The third-order valence-corrected chi connectivity index (χ3v) is 2.90. The van der Waals surface area contributed by atoms with E-state index in [1.54, 1.807) is 38.2 Å². The molecule has 2 aromatic carbocycles. The second-order valence-corrected chi connectivity index (χ2v) is 4.30. The number of nitrogens with one attached hydrogen (secondary N) is 1. The van der Waals surface area contributed by atoms with E-state index < -0.39 is 0 Å². The molecule has 0 spiro atoms. The topological polar surface area (TPSA) is 12.0 Å². The Hall–Kier alpha value is -1.74. The van der Waals surface area contributed by atoms with E-state index in [2.05, 4.69) is 5.32 Å². The van der Waals surface area contributed by atoms with Crippen LogP contribution in [0.25, 0.3) is 11.1 Å². The van der Waals surface area contributed by atoms with Crippen LogP contribution in [0.1, 0.15) is 11.1 Å². The molecule has 0 fully saturated rings. The van der Waals surface area contributed by atoms with Crippen molar-refractivity contribution in [1.82, 2.24) is 5.32 Å². The average molecular weight is 247 g/mol. The first-order chi connectivity index (χ1) is 8.61. The molecule has 2 aromatic rings. The maximum atomic E-state index is 13.5. The van der Waals surface area contributed by atoms with E-state index in [0.717, 1.165) is 11.1 Å². The fourth-order valence-electron chi connectivity index (χ4n) is 1.90. The molecular weight excluding hydrogens is 232 g/mol. The molecular formula is C15H15F2N. The van der Waals surface area contributed by atoms with Crippen LogP contribution < -0.4 is 5.32 Å². The van der Waals surface area contributed by atoms with Crippen molar-refractivity contribution in [2.45, 2.75) is 13.5 Å². The highest BCUT2D eigenvalue weighted by molar-refractivity contribution is 5.65. The first kappa shape index (κ1) is 12.7. The van der Waals surface area contributed by atoms with Gasteiger partial charge in [-0.3, -0.25) is 0 Å². The molecule has 0 radical (unpaired) electrons. The van der Waals surface area contributed by atoms with E-state index in [0.29, 0.717) is 17.7 Å². The van der Waals surface area contributed by atoms with Crippen LogP contribution in [-0.2, 0) is 6.54 Å². The molecule has 0 amide bonds. The highest BCUT2D eigenvalue weighted by atomic mass is 19.1. The highest BCUT2D eigenvalue weighted by Gasteiger charge is 2.06. The smallest absolute Gasteiger partial charge is 0.127 e. The Morgan fingerprint density at radius 1 is 0.944 bits per heavy atom. The van der Waals surface area contributed by atoms with Crippen molar-refractivity contribution >= 4 is 0 Å². The summed E-state index contributed by atoms with van der Waals surface area (Å²) in [4.78, 5) is 0. The molecule has 0 saturated carbocycles. The minimum absolute atomic E-state index is 0.226. The Labute approximate surface area is 105 Å². The van der Waals surface area contributed by atoms with Crippen molar-refractivity contribution in [3.05, 3.63) is 59.2 Å². The predicted octanol–water partition coefficient (Wildman–Crippen LogP) is 3.66. The highest BCUT2D eigenvalue weighted by Crippen LogP contribution is 2.24. The molecule has 2 rings (SSSR count). The van der Waals surface area contributed by atoms with Crippen LogP contribution in [0.5, 0.6) is 0 Å². The summed E-state index contributed by atoms with van der Waals surface area (Å²) in [5.74, 6) is -0.455. The minimum atomic E-state index is -0.230. The van der Waals surface area contributed by atoms with E-state index >= 15 is 0 Å². The Morgan fingerprint density at radius 3 is 2.17 bits per heavy atom. The molecule has 1 N–H and O–H groups in total. The maximum Gasteiger partial charge on any atom is 0.127 e. The molecule has 18 heavy (non-hydrogen) atoms. The van der Waals surface area contributed by atoms with Gasteiger partial charge in [0.1, 0.15) is 11.6 Å². The van der Waals surface area contributed by atoms with E-state index in [1.165, 1.54) is 12.1 Å². The molecule has 0 aliphatic heterocycles. The van der Waals surface area contributed by atoms with Crippen LogP contribution in [-0.4, -0.2) is 7.05 Å². The van der Waals surface area contributed by atoms with Gasteiger partial charge in [0.25, 0.3) is 0 Å². The van der Waals surface area contributed by atoms with Crippen molar-refractivity contribution in [2.75, 3.05) is 7.05 Å². The SMILES string of the molecule is CNCc1cc(-c2ccc(F)c(C)c2)ccc1F. The third-order valence-electron chi connectivity index (χ3n) is 2.90. The number of aryl methyl sites for hydroxylation is 1. The molecule has 0 heterocycles. The van der Waals surface area contributed by atoms with Crippen LogP contribution in [0.3, 0.4) is 0 Å². The summed E-state index contributed by atoms with van der Waals surface area (Å²) < 4.78 is 26.7. The summed E-state index contributed by atoms with van der Waals surface area (Å²) in [5.41, 5.74) is 2.99. The van der Waals surface area contributed by atoms with Gasteiger partial charge >= 0.3 is 0 Å². The van der Waals surface area contributed by atoms with Gasteiger partial charge in [-0.2, -0.15) is 0 Å². The van der Waals surface area contributed by atoms with E-state index in [1.807, 2.05) is 0 Å². The summed E-state index contributed by atoms with van der Waals surface area (Å²) in [6.07, 6.45) is 0. The summed E-state index contributed by atoms with van der Waals surface area (Å²) >= 11 is 0. The fraction of sp³-hybridized carbons (Fsp3) is 0.200. The molecule has 0 saturated heterocycles. The molecule has 0 bridgehead atoms. The van der Waals surface area contributed by atoms with Crippen molar-refractivity contribution in [1.29, 1.82) is 0 Å². The summed E-state index contributed by atoms with van der Waals surface area (Å²) in [6.45, 7) is 2.19. The first-order valence-corrected chi connectivity index (χ1v) is 5.81.